The van der Waals surface area contributed by atoms with Gasteiger partial charge in [0.2, 0.25) is 5.91 Å². The number of hydrogen-bond donors (Lipinski definition) is 1. The Bertz CT molecular complexity index is 508. The summed E-state index contributed by atoms with van der Waals surface area (Å²) in [5.41, 5.74) is 3.46. The topological polar surface area (TPSA) is 29.1 Å². The van der Waals surface area contributed by atoms with Gasteiger partial charge in [-0.15, -0.1) is 0 Å². The molecule has 2 bridgehead atoms. The minimum Gasteiger partial charge on any atom is -0.326 e. The van der Waals surface area contributed by atoms with Gasteiger partial charge in [0.15, 0.2) is 0 Å². The lowest BCUT2D eigenvalue weighted by Gasteiger charge is -2.21. The van der Waals surface area contributed by atoms with E-state index in [2.05, 4.69) is 37.4 Å². The summed E-state index contributed by atoms with van der Waals surface area (Å²) in [6.45, 7) is 4.21. The first-order valence-electron chi connectivity index (χ1n) is 8.05. The van der Waals surface area contributed by atoms with Crippen LogP contribution in [0.3, 0.4) is 0 Å². The Hall–Kier alpha value is -1.31. The van der Waals surface area contributed by atoms with Crippen LogP contribution in [0.2, 0.25) is 0 Å². The first kappa shape index (κ1) is 13.7. The van der Waals surface area contributed by atoms with Crippen molar-refractivity contribution < 1.29 is 4.79 Å². The van der Waals surface area contributed by atoms with Crippen molar-refractivity contribution in [2.75, 3.05) is 5.32 Å². The molecule has 0 saturated heterocycles. The second-order valence-corrected chi connectivity index (χ2v) is 6.65. The summed E-state index contributed by atoms with van der Waals surface area (Å²) in [7, 11) is 0. The van der Waals surface area contributed by atoms with Crippen LogP contribution in [-0.2, 0) is 11.2 Å². The molecule has 1 aromatic carbocycles. The van der Waals surface area contributed by atoms with Crippen molar-refractivity contribution in [3.05, 3.63) is 29.3 Å². The third-order valence-corrected chi connectivity index (χ3v) is 5.34. The number of amides is 1. The van der Waals surface area contributed by atoms with E-state index in [9.17, 15) is 4.79 Å². The molecule has 2 nitrogen and oxygen atoms in total. The van der Waals surface area contributed by atoms with E-state index in [1.54, 1.807) is 0 Å². The van der Waals surface area contributed by atoms with Gasteiger partial charge in [-0.05, 0) is 61.5 Å². The number of para-hydroxylation sites is 1. The second-order valence-electron chi connectivity index (χ2n) is 6.65. The van der Waals surface area contributed by atoms with Crippen molar-refractivity contribution in [3.63, 3.8) is 0 Å². The van der Waals surface area contributed by atoms with Crippen molar-refractivity contribution in [1.29, 1.82) is 0 Å². The Morgan fingerprint density at radius 3 is 2.80 bits per heavy atom. The van der Waals surface area contributed by atoms with Crippen LogP contribution in [-0.4, -0.2) is 5.91 Å². The Labute approximate surface area is 122 Å². The molecule has 0 aromatic heterocycles. The quantitative estimate of drug-likeness (QED) is 0.868. The van der Waals surface area contributed by atoms with E-state index in [1.807, 2.05) is 0 Å². The number of aryl methyl sites for hydroxylation is 2. The molecule has 0 unspecified atom stereocenters. The molecule has 1 aromatic rings. The van der Waals surface area contributed by atoms with Gasteiger partial charge in [0, 0.05) is 12.1 Å². The molecule has 2 aliphatic rings. The zero-order valence-corrected chi connectivity index (χ0v) is 12.6. The lowest BCUT2D eigenvalue weighted by atomic mass is 9.86. The fraction of sp³-hybridized carbons (Fsp3) is 0.611. The Balaban J connectivity index is 1.64. The highest BCUT2D eigenvalue weighted by Crippen LogP contribution is 2.49. The van der Waals surface area contributed by atoms with Crippen molar-refractivity contribution in [2.45, 2.75) is 52.4 Å². The summed E-state index contributed by atoms with van der Waals surface area (Å²) in [6.07, 6.45) is 7.10. The van der Waals surface area contributed by atoms with Crippen molar-refractivity contribution in [2.24, 2.45) is 17.8 Å². The average Bonchev–Trinajstić information content (AvgIpc) is 3.03. The third kappa shape index (κ3) is 2.61. The summed E-state index contributed by atoms with van der Waals surface area (Å²) >= 11 is 0. The number of benzene rings is 1. The van der Waals surface area contributed by atoms with Crippen LogP contribution >= 0.6 is 0 Å². The number of carbonyl (C=O) groups is 1. The average molecular weight is 271 g/mol. The number of hydrogen-bond acceptors (Lipinski definition) is 1. The van der Waals surface area contributed by atoms with Crippen molar-refractivity contribution >= 4 is 11.6 Å². The van der Waals surface area contributed by atoms with E-state index >= 15 is 0 Å². The molecule has 2 heteroatoms. The first-order chi connectivity index (χ1) is 9.67. The molecule has 3 rings (SSSR count). The molecule has 2 aliphatic carbocycles. The summed E-state index contributed by atoms with van der Waals surface area (Å²) in [5, 5.41) is 3.18. The monoisotopic (exact) mass is 271 g/mol. The predicted octanol–water partition coefficient (Wildman–Crippen LogP) is 4.32. The van der Waals surface area contributed by atoms with Gasteiger partial charge < -0.3 is 5.32 Å². The van der Waals surface area contributed by atoms with Gasteiger partial charge in [0.25, 0.3) is 0 Å². The highest BCUT2D eigenvalue weighted by molar-refractivity contribution is 5.92. The highest BCUT2D eigenvalue weighted by Gasteiger charge is 2.40. The maximum Gasteiger partial charge on any atom is 0.224 e. The zero-order chi connectivity index (χ0) is 14.1. The van der Waals surface area contributed by atoms with Crippen LogP contribution in [0.25, 0.3) is 0 Å². The van der Waals surface area contributed by atoms with Crippen LogP contribution in [0, 0.1) is 24.7 Å². The van der Waals surface area contributed by atoms with Gasteiger partial charge in [-0.3, -0.25) is 4.79 Å². The summed E-state index contributed by atoms with van der Waals surface area (Å²) in [6, 6.07) is 6.26. The van der Waals surface area contributed by atoms with Gasteiger partial charge in [-0.1, -0.05) is 31.5 Å². The number of fused-ring (bicyclic) bond motifs is 2. The summed E-state index contributed by atoms with van der Waals surface area (Å²) in [5.74, 6) is 2.60. The molecule has 1 N–H and O–H groups in total. The Morgan fingerprint density at radius 1 is 1.30 bits per heavy atom. The largest absolute Gasteiger partial charge is 0.326 e. The van der Waals surface area contributed by atoms with Crippen LogP contribution in [0.4, 0.5) is 5.69 Å². The molecule has 2 saturated carbocycles. The highest BCUT2D eigenvalue weighted by atomic mass is 16.1. The van der Waals surface area contributed by atoms with E-state index in [1.165, 1.54) is 36.8 Å². The fourth-order valence-electron chi connectivity index (χ4n) is 4.26. The minimum absolute atomic E-state index is 0.214. The summed E-state index contributed by atoms with van der Waals surface area (Å²) < 4.78 is 0. The van der Waals surface area contributed by atoms with Crippen LogP contribution in [0.5, 0.6) is 0 Å². The molecule has 108 valence electrons. The molecular weight excluding hydrogens is 246 g/mol. The van der Waals surface area contributed by atoms with Gasteiger partial charge >= 0.3 is 0 Å². The fourth-order valence-corrected chi connectivity index (χ4v) is 4.26. The van der Waals surface area contributed by atoms with Crippen molar-refractivity contribution in [1.82, 2.24) is 0 Å². The molecule has 3 atom stereocenters. The van der Waals surface area contributed by atoms with Gasteiger partial charge in [0.05, 0.1) is 0 Å². The maximum atomic E-state index is 12.4. The Kier molecular flexibility index (Phi) is 3.82. The molecule has 20 heavy (non-hydrogen) atoms. The van der Waals surface area contributed by atoms with E-state index in [0.29, 0.717) is 5.92 Å². The van der Waals surface area contributed by atoms with E-state index in [-0.39, 0.29) is 5.91 Å². The Morgan fingerprint density at radius 2 is 2.15 bits per heavy atom. The van der Waals surface area contributed by atoms with Crippen molar-refractivity contribution in [3.8, 4) is 0 Å². The number of anilines is 1. The molecule has 0 aliphatic heterocycles. The standard InChI is InChI=1S/C18H25NO/c1-3-14-6-4-5-12(2)18(14)19-17(20)11-16-10-13-7-8-15(16)9-13/h4-6,13,15-16H,3,7-11H2,1-2H3,(H,19,20)/t13-,15-,16-/m0/s1. The summed E-state index contributed by atoms with van der Waals surface area (Å²) in [4.78, 5) is 12.4. The number of nitrogens with one attached hydrogen (secondary N) is 1. The van der Waals surface area contributed by atoms with Gasteiger partial charge in [-0.25, -0.2) is 0 Å². The number of rotatable bonds is 4. The lowest BCUT2D eigenvalue weighted by Crippen LogP contribution is -2.21. The molecule has 0 heterocycles. The first-order valence-corrected chi connectivity index (χ1v) is 8.05. The molecule has 0 radical (unpaired) electrons. The smallest absolute Gasteiger partial charge is 0.224 e. The third-order valence-electron chi connectivity index (χ3n) is 5.34. The van der Waals surface area contributed by atoms with Crippen LogP contribution < -0.4 is 5.32 Å². The molecule has 1 amide bonds. The molecular formula is C18H25NO. The van der Waals surface area contributed by atoms with Crippen LogP contribution in [0.15, 0.2) is 18.2 Å². The SMILES string of the molecule is CCc1cccc(C)c1NC(=O)C[C@@H]1C[C@H]2CC[C@H]1C2. The number of carbonyl (C=O) groups excluding carboxylic acids is 1. The van der Waals surface area contributed by atoms with E-state index in [0.717, 1.165) is 30.4 Å². The minimum atomic E-state index is 0.214. The molecule has 0 spiro atoms. The molecule has 2 fully saturated rings. The normalized spacial score (nSPS) is 27.8. The van der Waals surface area contributed by atoms with E-state index < -0.39 is 0 Å². The second kappa shape index (κ2) is 5.59. The van der Waals surface area contributed by atoms with Gasteiger partial charge in [-0.2, -0.15) is 0 Å². The predicted molar refractivity (Wildman–Crippen MR) is 82.7 cm³/mol. The zero-order valence-electron chi connectivity index (χ0n) is 12.6. The van der Waals surface area contributed by atoms with E-state index in [4.69, 9.17) is 0 Å². The maximum absolute atomic E-state index is 12.4. The van der Waals surface area contributed by atoms with Gasteiger partial charge in [0.1, 0.15) is 0 Å². The lowest BCUT2D eigenvalue weighted by molar-refractivity contribution is -0.117. The van der Waals surface area contributed by atoms with Crippen LogP contribution in [0.1, 0.15) is 50.2 Å².